The van der Waals surface area contributed by atoms with Crippen LogP contribution in [0, 0.1) is 0 Å². The lowest BCUT2D eigenvalue weighted by molar-refractivity contribution is 0.601. The van der Waals surface area contributed by atoms with Crippen LogP contribution in [-0.2, 0) is 10.0 Å². The van der Waals surface area contributed by atoms with Gasteiger partial charge in [-0.2, -0.15) is 0 Å². The number of hydrogen-bond acceptors (Lipinski definition) is 3. The Morgan fingerprint density at radius 3 is 2.10 bits per heavy atom. The van der Waals surface area contributed by atoms with Crippen LogP contribution < -0.4 is 10.5 Å². The molecule has 2 rings (SSSR count). The van der Waals surface area contributed by atoms with Crippen molar-refractivity contribution in [1.29, 1.82) is 0 Å². The summed E-state index contributed by atoms with van der Waals surface area (Å²) in [7, 11) is -4.04. The minimum atomic E-state index is -4.04. The van der Waals surface area contributed by atoms with Gasteiger partial charge in [0.25, 0.3) is 10.0 Å². The van der Waals surface area contributed by atoms with E-state index in [1.54, 1.807) is 6.07 Å². The summed E-state index contributed by atoms with van der Waals surface area (Å²) in [5, 5.41) is 0.105. The zero-order valence-corrected chi connectivity index (χ0v) is 14.0. The Kier molecular flexibility index (Phi) is 4.80. The third kappa shape index (κ3) is 3.49. The molecule has 0 saturated heterocycles. The van der Waals surface area contributed by atoms with E-state index in [0.29, 0.717) is 0 Å². The summed E-state index contributed by atoms with van der Waals surface area (Å²) in [5.74, 6) is 0. The Morgan fingerprint density at radius 2 is 1.52 bits per heavy atom. The van der Waals surface area contributed by atoms with Gasteiger partial charge in [0.05, 0.1) is 25.8 Å². The van der Waals surface area contributed by atoms with Crippen molar-refractivity contribution < 1.29 is 8.42 Å². The Balaban J connectivity index is 2.51. The fourth-order valence-corrected chi connectivity index (χ4v) is 4.32. The molecule has 2 aromatic carbocycles. The highest BCUT2D eigenvalue weighted by Crippen LogP contribution is 2.35. The monoisotopic (exact) mass is 384 g/mol. The first-order valence-corrected chi connectivity index (χ1v) is 8.43. The Hall–Kier alpha value is -0.850. The smallest absolute Gasteiger partial charge is 0.264 e. The zero-order chi connectivity index (χ0) is 15.8. The van der Waals surface area contributed by atoms with Crippen molar-refractivity contribution in [3.8, 4) is 0 Å². The number of sulfonamides is 1. The molecule has 0 heterocycles. The molecule has 0 saturated carbocycles. The number of nitrogen functional groups attached to an aromatic ring is 1. The summed E-state index contributed by atoms with van der Waals surface area (Å²) in [6, 6.07) is 7.14. The van der Waals surface area contributed by atoms with Crippen LogP contribution in [-0.4, -0.2) is 8.42 Å². The number of anilines is 2. The second-order valence-electron chi connectivity index (χ2n) is 4.02. The van der Waals surface area contributed by atoms with Gasteiger partial charge in [-0.3, -0.25) is 4.72 Å². The minimum absolute atomic E-state index is 0.0745. The summed E-state index contributed by atoms with van der Waals surface area (Å²) in [4.78, 5) is -0.281. The fraction of sp³-hybridized carbons (Fsp3) is 0. The molecule has 0 unspecified atom stereocenters. The standard InChI is InChI=1S/C12H8Cl4N2O2S/c13-7-2-1-3-10(11(7)16)18-21(19,20)12-8(14)4-6(17)5-9(12)15/h1-5,18H,17H2. The van der Waals surface area contributed by atoms with Crippen molar-refractivity contribution in [2.75, 3.05) is 10.5 Å². The number of benzene rings is 2. The van der Waals surface area contributed by atoms with Crippen molar-refractivity contribution in [2.45, 2.75) is 4.90 Å². The first kappa shape index (κ1) is 16.5. The van der Waals surface area contributed by atoms with E-state index in [1.807, 2.05) is 0 Å². The van der Waals surface area contributed by atoms with Crippen LogP contribution in [0.3, 0.4) is 0 Å². The molecule has 4 nitrogen and oxygen atoms in total. The van der Waals surface area contributed by atoms with E-state index in [9.17, 15) is 8.42 Å². The lowest BCUT2D eigenvalue weighted by Crippen LogP contribution is -2.14. The van der Waals surface area contributed by atoms with Gasteiger partial charge in [0, 0.05) is 5.69 Å². The highest BCUT2D eigenvalue weighted by molar-refractivity contribution is 7.93. The van der Waals surface area contributed by atoms with Crippen LogP contribution in [0.4, 0.5) is 11.4 Å². The fourth-order valence-electron chi connectivity index (χ4n) is 1.61. The van der Waals surface area contributed by atoms with Crippen LogP contribution in [0.5, 0.6) is 0 Å². The molecule has 0 aliphatic carbocycles. The summed E-state index contributed by atoms with van der Waals surface area (Å²) in [5.41, 5.74) is 5.92. The maximum absolute atomic E-state index is 12.4. The zero-order valence-electron chi connectivity index (χ0n) is 10.2. The molecule has 0 fully saturated rings. The molecule has 0 aliphatic rings. The average Bonchev–Trinajstić information content (AvgIpc) is 2.33. The van der Waals surface area contributed by atoms with Crippen LogP contribution in [0.15, 0.2) is 35.2 Å². The molecular formula is C12H8Cl4N2O2S. The number of hydrogen-bond donors (Lipinski definition) is 2. The lowest BCUT2D eigenvalue weighted by atomic mass is 10.3. The van der Waals surface area contributed by atoms with Crippen molar-refractivity contribution in [1.82, 2.24) is 0 Å². The summed E-state index contributed by atoms with van der Waals surface area (Å²) in [6.07, 6.45) is 0. The molecule has 0 radical (unpaired) electrons. The normalized spacial score (nSPS) is 11.4. The number of nitrogens with one attached hydrogen (secondary N) is 1. The van der Waals surface area contributed by atoms with Crippen LogP contribution in [0.2, 0.25) is 20.1 Å². The second kappa shape index (κ2) is 6.10. The van der Waals surface area contributed by atoms with Gasteiger partial charge < -0.3 is 5.73 Å². The van der Waals surface area contributed by atoms with Gasteiger partial charge in [0.2, 0.25) is 0 Å². The predicted octanol–water partition coefficient (Wildman–Crippen LogP) is 4.68. The van der Waals surface area contributed by atoms with E-state index in [2.05, 4.69) is 4.72 Å². The van der Waals surface area contributed by atoms with E-state index in [1.165, 1.54) is 24.3 Å². The number of rotatable bonds is 3. The van der Waals surface area contributed by atoms with Crippen molar-refractivity contribution in [2.24, 2.45) is 0 Å². The van der Waals surface area contributed by atoms with Crippen LogP contribution in [0.1, 0.15) is 0 Å². The van der Waals surface area contributed by atoms with E-state index in [4.69, 9.17) is 52.1 Å². The van der Waals surface area contributed by atoms with Crippen molar-refractivity contribution in [3.63, 3.8) is 0 Å². The molecule has 21 heavy (non-hydrogen) atoms. The van der Waals surface area contributed by atoms with Gasteiger partial charge in [-0.05, 0) is 24.3 Å². The molecule has 112 valence electrons. The highest BCUT2D eigenvalue weighted by atomic mass is 35.5. The Labute approximate surface area is 141 Å². The summed E-state index contributed by atoms with van der Waals surface area (Å²) < 4.78 is 27.1. The largest absolute Gasteiger partial charge is 0.399 e. The van der Waals surface area contributed by atoms with Gasteiger partial charge in [0.15, 0.2) is 0 Å². The SMILES string of the molecule is Nc1cc(Cl)c(S(=O)(=O)Nc2cccc(Cl)c2Cl)c(Cl)c1. The molecule has 0 spiro atoms. The van der Waals surface area contributed by atoms with Gasteiger partial charge in [-0.25, -0.2) is 8.42 Å². The molecule has 0 bridgehead atoms. The Morgan fingerprint density at radius 1 is 0.952 bits per heavy atom. The first-order valence-electron chi connectivity index (χ1n) is 5.43. The molecule has 9 heteroatoms. The molecular weight excluding hydrogens is 378 g/mol. The van der Waals surface area contributed by atoms with Gasteiger partial charge >= 0.3 is 0 Å². The van der Waals surface area contributed by atoms with E-state index in [0.717, 1.165) is 0 Å². The summed E-state index contributed by atoms with van der Waals surface area (Å²) >= 11 is 23.6. The molecule has 3 N–H and O–H groups in total. The van der Waals surface area contributed by atoms with Gasteiger partial charge in [0.1, 0.15) is 4.90 Å². The third-order valence-corrected chi connectivity index (χ3v) is 5.59. The Bertz CT molecular complexity index is 786. The predicted molar refractivity (Wildman–Crippen MR) is 88.1 cm³/mol. The van der Waals surface area contributed by atoms with Crippen LogP contribution in [0.25, 0.3) is 0 Å². The number of halogens is 4. The quantitative estimate of drug-likeness (QED) is 0.753. The lowest BCUT2D eigenvalue weighted by Gasteiger charge is -2.13. The number of nitrogens with two attached hydrogens (primary N) is 1. The van der Waals surface area contributed by atoms with Gasteiger partial charge in [-0.15, -0.1) is 0 Å². The molecule has 2 aromatic rings. The molecule has 0 amide bonds. The van der Waals surface area contributed by atoms with E-state index >= 15 is 0 Å². The summed E-state index contributed by atoms with van der Waals surface area (Å²) in [6.45, 7) is 0. The maximum atomic E-state index is 12.4. The molecule has 0 atom stereocenters. The molecule has 0 aliphatic heterocycles. The maximum Gasteiger partial charge on any atom is 0.264 e. The highest BCUT2D eigenvalue weighted by Gasteiger charge is 2.23. The minimum Gasteiger partial charge on any atom is -0.399 e. The van der Waals surface area contributed by atoms with Gasteiger partial charge in [-0.1, -0.05) is 52.5 Å². The van der Waals surface area contributed by atoms with E-state index < -0.39 is 10.0 Å². The third-order valence-electron chi connectivity index (χ3n) is 2.49. The van der Waals surface area contributed by atoms with Crippen LogP contribution >= 0.6 is 46.4 Å². The van der Waals surface area contributed by atoms with Crippen molar-refractivity contribution in [3.05, 3.63) is 50.4 Å². The topological polar surface area (TPSA) is 72.2 Å². The van der Waals surface area contributed by atoms with Crippen molar-refractivity contribution >= 4 is 67.8 Å². The van der Waals surface area contributed by atoms with E-state index in [-0.39, 0.29) is 36.4 Å². The average molecular weight is 386 g/mol. The first-order chi connectivity index (χ1) is 9.72. The molecule has 0 aromatic heterocycles. The second-order valence-corrected chi connectivity index (χ2v) is 7.24.